The van der Waals surface area contributed by atoms with Gasteiger partial charge < -0.3 is 14.8 Å². The van der Waals surface area contributed by atoms with Crippen LogP contribution in [0.4, 0.5) is 5.13 Å². The van der Waals surface area contributed by atoms with Crippen molar-refractivity contribution in [3.8, 4) is 11.5 Å². The molecule has 0 saturated carbocycles. The van der Waals surface area contributed by atoms with Crippen LogP contribution in [-0.4, -0.2) is 30.9 Å². The Morgan fingerprint density at radius 3 is 2.68 bits per heavy atom. The van der Waals surface area contributed by atoms with E-state index < -0.39 is 5.92 Å². The third-order valence-electron chi connectivity index (χ3n) is 6.80. The largest absolute Gasteiger partial charge is 0.497 e. The second-order valence-electron chi connectivity index (χ2n) is 10.1. The number of ketones is 1. The average molecular weight is 583 g/mol. The summed E-state index contributed by atoms with van der Waals surface area (Å²) in [5.41, 5.74) is 3.95. The van der Waals surface area contributed by atoms with Crippen molar-refractivity contribution in [1.82, 2.24) is 10.3 Å². The van der Waals surface area contributed by atoms with E-state index in [1.54, 1.807) is 20.3 Å². The molecule has 2 heterocycles. The first-order valence-corrected chi connectivity index (χ1v) is 13.5. The molecule has 1 aliphatic heterocycles. The fourth-order valence-corrected chi connectivity index (χ4v) is 6.64. The van der Waals surface area contributed by atoms with E-state index in [2.05, 4.69) is 45.4 Å². The number of hydrogen-bond acceptors (Lipinski definition) is 7. The van der Waals surface area contributed by atoms with Gasteiger partial charge in [0, 0.05) is 39.0 Å². The van der Waals surface area contributed by atoms with Crippen LogP contribution in [0.1, 0.15) is 45.1 Å². The summed E-state index contributed by atoms with van der Waals surface area (Å²) in [6.45, 7) is 6.05. The Balaban J connectivity index is 1.63. The number of nitrogens with one attached hydrogen (secondary N) is 2. The molecule has 3 aromatic rings. The fourth-order valence-electron chi connectivity index (χ4n) is 5.23. The van der Waals surface area contributed by atoms with Crippen molar-refractivity contribution in [2.75, 3.05) is 19.5 Å². The summed E-state index contributed by atoms with van der Waals surface area (Å²) >= 11 is 4.88. The number of dihydropyridines is 1. The van der Waals surface area contributed by atoms with Crippen LogP contribution in [0, 0.1) is 5.41 Å². The minimum atomic E-state index is -0.617. The maximum absolute atomic E-state index is 13.9. The summed E-state index contributed by atoms with van der Waals surface area (Å²) in [6, 6.07) is 11.3. The Kier molecular flexibility index (Phi) is 6.62. The number of rotatable bonds is 5. The van der Waals surface area contributed by atoms with Crippen LogP contribution in [0.5, 0.6) is 11.5 Å². The number of nitrogens with zero attached hydrogens (tertiary/aromatic N) is 1. The average Bonchev–Trinajstić information content (AvgIpc) is 3.22. The first-order chi connectivity index (χ1) is 17.6. The van der Waals surface area contributed by atoms with E-state index in [-0.39, 0.29) is 17.1 Å². The molecule has 192 valence electrons. The van der Waals surface area contributed by atoms with E-state index in [1.165, 1.54) is 11.3 Å². The lowest BCUT2D eigenvalue weighted by Gasteiger charge is -2.39. The molecular weight excluding hydrogens is 554 g/mol. The molecule has 2 aromatic carbocycles. The predicted octanol–water partition coefficient (Wildman–Crippen LogP) is 6.32. The van der Waals surface area contributed by atoms with Gasteiger partial charge in [-0.25, -0.2) is 4.98 Å². The molecular formula is C28H28BrN3O4S. The Morgan fingerprint density at radius 1 is 1.16 bits per heavy atom. The highest BCUT2D eigenvalue weighted by Gasteiger charge is 2.43. The van der Waals surface area contributed by atoms with Crippen LogP contribution in [-0.2, 0) is 9.59 Å². The Bertz CT molecular complexity index is 1500. The van der Waals surface area contributed by atoms with Crippen molar-refractivity contribution in [2.45, 2.75) is 39.5 Å². The van der Waals surface area contributed by atoms with Gasteiger partial charge in [0.15, 0.2) is 10.9 Å². The van der Waals surface area contributed by atoms with Crippen molar-refractivity contribution < 1.29 is 19.1 Å². The van der Waals surface area contributed by atoms with E-state index in [1.807, 2.05) is 37.3 Å². The predicted molar refractivity (Wildman–Crippen MR) is 149 cm³/mol. The third kappa shape index (κ3) is 4.78. The zero-order valence-corrected chi connectivity index (χ0v) is 23.7. The number of allylic oxidation sites excluding steroid dienone is 3. The molecule has 1 aromatic heterocycles. The minimum absolute atomic E-state index is 0.0243. The molecule has 1 aliphatic carbocycles. The summed E-state index contributed by atoms with van der Waals surface area (Å²) < 4.78 is 13.1. The van der Waals surface area contributed by atoms with Crippen molar-refractivity contribution in [1.29, 1.82) is 0 Å². The van der Waals surface area contributed by atoms with Crippen LogP contribution in [0.3, 0.4) is 0 Å². The van der Waals surface area contributed by atoms with E-state index in [4.69, 9.17) is 9.47 Å². The molecule has 37 heavy (non-hydrogen) atoms. The van der Waals surface area contributed by atoms with Gasteiger partial charge in [0.05, 0.1) is 30.4 Å². The number of carbonyl (C=O) groups excluding carboxylic acids is 2. The monoisotopic (exact) mass is 581 g/mol. The van der Waals surface area contributed by atoms with Gasteiger partial charge in [0.2, 0.25) is 0 Å². The number of anilines is 1. The highest BCUT2D eigenvalue weighted by molar-refractivity contribution is 9.10. The zero-order chi connectivity index (χ0) is 26.5. The number of thiazole rings is 1. The van der Waals surface area contributed by atoms with Gasteiger partial charge in [-0.1, -0.05) is 41.1 Å². The van der Waals surface area contributed by atoms with Gasteiger partial charge in [-0.05, 0) is 55.2 Å². The number of hydrogen-bond donors (Lipinski definition) is 2. The van der Waals surface area contributed by atoms with Crippen molar-refractivity contribution in [3.63, 3.8) is 0 Å². The summed E-state index contributed by atoms with van der Waals surface area (Å²) in [5, 5.41) is 6.89. The van der Waals surface area contributed by atoms with Gasteiger partial charge in [0.25, 0.3) is 5.91 Å². The van der Waals surface area contributed by atoms with Crippen molar-refractivity contribution in [2.24, 2.45) is 5.41 Å². The van der Waals surface area contributed by atoms with Gasteiger partial charge >= 0.3 is 0 Å². The second kappa shape index (κ2) is 9.61. The molecule has 7 nitrogen and oxygen atoms in total. The van der Waals surface area contributed by atoms with Gasteiger partial charge in [-0.2, -0.15) is 0 Å². The molecule has 0 bridgehead atoms. The number of amides is 1. The van der Waals surface area contributed by atoms with E-state index >= 15 is 0 Å². The van der Waals surface area contributed by atoms with Crippen LogP contribution in [0.2, 0.25) is 0 Å². The number of ether oxygens (including phenoxy) is 2. The standard InChI is InChI=1S/C28H28BrN3O4S/c1-14-23(26(34)32-27-31-18-8-6-15(29)10-22(18)37-27)24(17-11-16(35-4)7-9-21(17)36-5)25-19(30-14)12-28(2,3)13-20(25)33/h6-11,24,30H,12-13H2,1-5H3,(H,31,32,34)/t24-/m0/s1. The number of methoxy groups -OCH3 is 2. The SMILES string of the molecule is COc1ccc(OC)c([C@H]2C(C(=O)Nc3nc4ccc(Br)cc4s3)=C(C)NC3=C2C(=O)CC(C)(C)C3)c1. The first kappa shape index (κ1) is 25.5. The molecule has 0 saturated heterocycles. The summed E-state index contributed by atoms with van der Waals surface area (Å²) in [5.74, 6) is 0.293. The molecule has 0 unspecified atom stereocenters. The topological polar surface area (TPSA) is 89.6 Å². The second-order valence-corrected chi connectivity index (χ2v) is 12.1. The highest BCUT2D eigenvalue weighted by Crippen LogP contribution is 2.49. The summed E-state index contributed by atoms with van der Waals surface area (Å²) in [7, 11) is 3.18. The van der Waals surface area contributed by atoms with Crippen molar-refractivity contribution >= 4 is 54.3 Å². The lowest BCUT2D eigenvalue weighted by Crippen LogP contribution is -2.39. The molecule has 5 rings (SSSR count). The number of carbonyl (C=O) groups is 2. The van der Waals surface area contributed by atoms with Gasteiger partial charge in [0.1, 0.15) is 11.5 Å². The highest BCUT2D eigenvalue weighted by atomic mass is 79.9. The lowest BCUT2D eigenvalue weighted by atomic mass is 9.68. The molecule has 9 heteroatoms. The number of Topliss-reactive ketones (excluding diaryl/α,β-unsaturated/α-hetero) is 1. The third-order valence-corrected chi connectivity index (χ3v) is 8.23. The number of halogens is 1. The van der Waals surface area contributed by atoms with Gasteiger partial charge in [-0.15, -0.1) is 0 Å². The molecule has 1 amide bonds. The maximum atomic E-state index is 13.9. The molecule has 2 aliphatic rings. The van der Waals surface area contributed by atoms with Gasteiger partial charge in [-0.3, -0.25) is 14.9 Å². The summed E-state index contributed by atoms with van der Waals surface area (Å²) in [4.78, 5) is 32.1. The minimum Gasteiger partial charge on any atom is -0.497 e. The maximum Gasteiger partial charge on any atom is 0.256 e. The van der Waals surface area contributed by atoms with Crippen LogP contribution >= 0.6 is 27.3 Å². The Hall–Kier alpha value is -3.17. The van der Waals surface area contributed by atoms with Crippen LogP contribution in [0.15, 0.2) is 63.4 Å². The molecule has 0 radical (unpaired) electrons. The molecule has 1 atom stereocenters. The van der Waals surface area contributed by atoms with Crippen LogP contribution < -0.4 is 20.1 Å². The normalized spacial score (nSPS) is 19.0. The Labute approximate surface area is 228 Å². The fraction of sp³-hybridized carbons (Fsp3) is 0.321. The number of aromatic nitrogens is 1. The number of fused-ring (bicyclic) bond motifs is 1. The quantitative estimate of drug-likeness (QED) is 0.366. The smallest absolute Gasteiger partial charge is 0.256 e. The summed E-state index contributed by atoms with van der Waals surface area (Å²) in [6.07, 6.45) is 1.10. The Morgan fingerprint density at radius 2 is 1.95 bits per heavy atom. The number of benzene rings is 2. The first-order valence-electron chi connectivity index (χ1n) is 11.9. The lowest BCUT2D eigenvalue weighted by molar-refractivity contribution is -0.118. The van der Waals surface area contributed by atoms with Crippen molar-refractivity contribution in [3.05, 3.63) is 69.0 Å². The molecule has 0 fully saturated rings. The van der Waals surface area contributed by atoms with E-state index in [9.17, 15) is 9.59 Å². The molecule has 0 spiro atoms. The van der Waals surface area contributed by atoms with E-state index in [0.717, 1.165) is 20.4 Å². The molecule has 2 N–H and O–H groups in total. The van der Waals surface area contributed by atoms with Crippen LogP contribution in [0.25, 0.3) is 10.2 Å². The zero-order valence-electron chi connectivity index (χ0n) is 21.3. The van der Waals surface area contributed by atoms with E-state index in [0.29, 0.717) is 51.9 Å².